The molecule has 116 valence electrons. The lowest BCUT2D eigenvalue weighted by atomic mass is 10.1. The molecule has 2 rings (SSSR count). The van der Waals surface area contributed by atoms with E-state index < -0.39 is 0 Å². The summed E-state index contributed by atoms with van der Waals surface area (Å²) >= 11 is 0. The Kier molecular flexibility index (Phi) is 5.59. The van der Waals surface area contributed by atoms with E-state index in [-0.39, 0.29) is 5.91 Å². The first-order valence-corrected chi connectivity index (χ1v) is 7.57. The van der Waals surface area contributed by atoms with Crippen LogP contribution in [-0.4, -0.2) is 61.6 Å². The number of amides is 1. The van der Waals surface area contributed by atoms with Crippen molar-refractivity contribution < 1.29 is 9.53 Å². The van der Waals surface area contributed by atoms with Crippen molar-refractivity contribution >= 4 is 5.91 Å². The molecule has 0 aliphatic carbocycles. The predicted octanol–water partition coefficient (Wildman–Crippen LogP) is 1.19. The fourth-order valence-corrected chi connectivity index (χ4v) is 2.80. The van der Waals surface area contributed by atoms with Crippen LogP contribution < -0.4 is 10.5 Å². The number of piperazine rings is 1. The van der Waals surface area contributed by atoms with Crippen LogP contribution in [0.2, 0.25) is 0 Å². The molecule has 1 aliphatic rings. The maximum atomic E-state index is 12.5. The lowest BCUT2D eigenvalue weighted by Gasteiger charge is -2.38. The van der Waals surface area contributed by atoms with Gasteiger partial charge in [-0.1, -0.05) is 13.0 Å². The summed E-state index contributed by atoms with van der Waals surface area (Å²) in [5.41, 5.74) is 6.48. The van der Waals surface area contributed by atoms with Crippen LogP contribution in [0.3, 0.4) is 0 Å². The van der Waals surface area contributed by atoms with E-state index in [2.05, 4.69) is 11.8 Å². The third-order valence-corrected chi connectivity index (χ3v) is 4.18. The van der Waals surface area contributed by atoms with Gasteiger partial charge >= 0.3 is 0 Å². The van der Waals surface area contributed by atoms with Crippen molar-refractivity contribution in [2.24, 2.45) is 5.73 Å². The fraction of sp³-hybridized carbons (Fsp3) is 0.562. The normalized spacial score (nSPS) is 17.6. The molecular weight excluding hydrogens is 266 g/mol. The molecule has 1 aliphatic heterocycles. The Morgan fingerprint density at radius 3 is 2.62 bits per heavy atom. The summed E-state index contributed by atoms with van der Waals surface area (Å²) in [5, 5.41) is 0. The van der Waals surface area contributed by atoms with Gasteiger partial charge in [-0.3, -0.25) is 9.69 Å². The molecule has 0 aromatic heterocycles. The van der Waals surface area contributed by atoms with Crippen molar-refractivity contribution in [2.75, 3.05) is 39.8 Å². The van der Waals surface area contributed by atoms with Gasteiger partial charge in [-0.15, -0.1) is 0 Å². The average molecular weight is 291 g/mol. The molecule has 1 atom stereocenters. The smallest absolute Gasteiger partial charge is 0.254 e. The lowest BCUT2D eigenvalue weighted by molar-refractivity contribution is 0.0571. The maximum Gasteiger partial charge on any atom is 0.254 e. The second-order valence-electron chi connectivity index (χ2n) is 5.36. The molecule has 1 saturated heterocycles. The second-order valence-corrected chi connectivity index (χ2v) is 5.36. The minimum Gasteiger partial charge on any atom is -0.497 e. The Bertz CT molecular complexity index is 466. The number of hydrogen-bond donors (Lipinski definition) is 1. The molecule has 1 amide bonds. The Balaban J connectivity index is 1.96. The molecule has 5 heteroatoms. The van der Waals surface area contributed by atoms with E-state index in [1.54, 1.807) is 13.2 Å². The standard InChI is InChI=1S/C16H25N3O2/c1-3-14(12-17)18-7-9-19(10-8-18)16(20)13-5-4-6-15(11-13)21-2/h4-6,11,14H,3,7-10,12,17H2,1-2H3. The third kappa shape index (κ3) is 3.74. The van der Waals surface area contributed by atoms with E-state index in [1.165, 1.54) is 0 Å². The van der Waals surface area contributed by atoms with Crippen molar-refractivity contribution in [2.45, 2.75) is 19.4 Å². The molecule has 21 heavy (non-hydrogen) atoms. The summed E-state index contributed by atoms with van der Waals surface area (Å²) in [5.74, 6) is 0.794. The number of nitrogens with two attached hydrogens (primary N) is 1. The van der Waals surface area contributed by atoms with Gasteiger partial charge in [0.15, 0.2) is 0 Å². The number of carbonyl (C=O) groups is 1. The third-order valence-electron chi connectivity index (χ3n) is 4.18. The molecule has 5 nitrogen and oxygen atoms in total. The van der Waals surface area contributed by atoms with Crippen LogP contribution in [0, 0.1) is 0 Å². The summed E-state index contributed by atoms with van der Waals surface area (Å²) in [6.07, 6.45) is 1.06. The Hall–Kier alpha value is -1.59. The quantitative estimate of drug-likeness (QED) is 0.885. The van der Waals surface area contributed by atoms with Crippen LogP contribution in [0.25, 0.3) is 0 Å². The molecule has 0 saturated carbocycles. The zero-order chi connectivity index (χ0) is 15.2. The van der Waals surface area contributed by atoms with E-state index in [0.29, 0.717) is 23.9 Å². The van der Waals surface area contributed by atoms with Crippen molar-refractivity contribution in [1.82, 2.24) is 9.80 Å². The number of benzene rings is 1. The number of carbonyl (C=O) groups excluding carboxylic acids is 1. The van der Waals surface area contributed by atoms with E-state index in [0.717, 1.165) is 32.6 Å². The fourth-order valence-electron chi connectivity index (χ4n) is 2.80. The summed E-state index contributed by atoms with van der Waals surface area (Å²) < 4.78 is 5.18. The van der Waals surface area contributed by atoms with Crippen molar-refractivity contribution in [3.05, 3.63) is 29.8 Å². The molecular formula is C16H25N3O2. The van der Waals surface area contributed by atoms with E-state index in [4.69, 9.17) is 10.5 Å². The lowest BCUT2D eigenvalue weighted by Crippen LogP contribution is -2.53. The first-order valence-electron chi connectivity index (χ1n) is 7.57. The molecule has 1 fully saturated rings. The monoisotopic (exact) mass is 291 g/mol. The molecule has 2 N–H and O–H groups in total. The van der Waals surface area contributed by atoms with Crippen molar-refractivity contribution in [3.63, 3.8) is 0 Å². The van der Waals surface area contributed by atoms with Crippen LogP contribution in [0.1, 0.15) is 23.7 Å². The van der Waals surface area contributed by atoms with Gasteiger partial charge in [-0.05, 0) is 24.6 Å². The highest BCUT2D eigenvalue weighted by molar-refractivity contribution is 5.94. The minimum absolute atomic E-state index is 0.0781. The van der Waals surface area contributed by atoms with Gasteiger partial charge in [0.1, 0.15) is 5.75 Å². The van der Waals surface area contributed by atoms with Crippen LogP contribution in [0.5, 0.6) is 5.75 Å². The topological polar surface area (TPSA) is 58.8 Å². The summed E-state index contributed by atoms with van der Waals surface area (Å²) in [6.45, 7) is 6.14. The van der Waals surface area contributed by atoms with Crippen LogP contribution >= 0.6 is 0 Å². The van der Waals surface area contributed by atoms with E-state index in [1.807, 2.05) is 23.1 Å². The molecule has 0 bridgehead atoms. The van der Waals surface area contributed by atoms with Gasteiger partial charge in [0, 0.05) is 44.3 Å². The molecule has 1 unspecified atom stereocenters. The largest absolute Gasteiger partial charge is 0.497 e. The second kappa shape index (κ2) is 7.43. The van der Waals surface area contributed by atoms with Crippen LogP contribution in [-0.2, 0) is 0 Å². The average Bonchev–Trinajstić information content (AvgIpc) is 2.56. The number of methoxy groups -OCH3 is 1. The number of rotatable bonds is 5. The highest BCUT2D eigenvalue weighted by atomic mass is 16.5. The Morgan fingerprint density at radius 1 is 1.33 bits per heavy atom. The highest BCUT2D eigenvalue weighted by Crippen LogP contribution is 2.16. The summed E-state index contributed by atoms with van der Waals surface area (Å²) in [4.78, 5) is 16.8. The van der Waals surface area contributed by atoms with E-state index >= 15 is 0 Å². The zero-order valence-electron chi connectivity index (χ0n) is 12.9. The van der Waals surface area contributed by atoms with Gasteiger partial charge in [0.2, 0.25) is 0 Å². The van der Waals surface area contributed by atoms with Crippen molar-refractivity contribution in [1.29, 1.82) is 0 Å². The Morgan fingerprint density at radius 2 is 2.05 bits per heavy atom. The van der Waals surface area contributed by atoms with Crippen LogP contribution in [0.15, 0.2) is 24.3 Å². The molecule has 0 radical (unpaired) electrons. The SMILES string of the molecule is CCC(CN)N1CCN(C(=O)c2cccc(OC)c2)CC1. The van der Waals surface area contributed by atoms with Gasteiger partial charge in [-0.2, -0.15) is 0 Å². The first-order chi connectivity index (χ1) is 10.2. The maximum absolute atomic E-state index is 12.5. The van der Waals surface area contributed by atoms with E-state index in [9.17, 15) is 4.79 Å². The van der Waals surface area contributed by atoms with Gasteiger partial charge in [-0.25, -0.2) is 0 Å². The summed E-state index contributed by atoms with van der Waals surface area (Å²) in [6, 6.07) is 7.76. The summed E-state index contributed by atoms with van der Waals surface area (Å²) in [7, 11) is 1.61. The minimum atomic E-state index is 0.0781. The molecule has 1 aromatic carbocycles. The van der Waals surface area contributed by atoms with Gasteiger partial charge in [0.05, 0.1) is 7.11 Å². The molecule has 0 spiro atoms. The Labute approximate surface area is 126 Å². The van der Waals surface area contributed by atoms with Gasteiger partial charge in [0.25, 0.3) is 5.91 Å². The zero-order valence-corrected chi connectivity index (χ0v) is 12.9. The van der Waals surface area contributed by atoms with Crippen LogP contribution in [0.4, 0.5) is 0 Å². The molecule has 1 heterocycles. The van der Waals surface area contributed by atoms with Crippen molar-refractivity contribution in [3.8, 4) is 5.75 Å². The number of hydrogen-bond acceptors (Lipinski definition) is 4. The number of ether oxygens (including phenoxy) is 1. The molecule has 1 aromatic rings. The predicted molar refractivity (Wildman–Crippen MR) is 83.6 cm³/mol. The van der Waals surface area contributed by atoms with Gasteiger partial charge < -0.3 is 15.4 Å². The number of nitrogens with zero attached hydrogens (tertiary/aromatic N) is 2. The highest BCUT2D eigenvalue weighted by Gasteiger charge is 2.25. The first kappa shape index (κ1) is 15.8.